The van der Waals surface area contributed by atoms with Crippen molar-refractivity contribution in [1.29, 1.82) is 0 Å². The highest BCUT2D eigenvalue weighted by atomic mass is 19.1. The van der Waals surface area contributed by atoms with E-state index in [-0.39, 0.29) is 11.7 Å². The molecule has 0 heterocycles. The summed E-state index contributed by atoms with van der Waals surface area (Å²) >= 11 is 0. The molecule has 0 amide bonds. The molecule has 1 atom stereocenters. The summed E-state index contributed by atoms with van der Waals surface area (Å²) in [5.41, 5.74) is 0.583. The molecule has 0 aliphatic heterocycles. The standard InChI is InChI=1S/C14H19FO2/c1-17-14-11(8-5-9-12(14)15)13(16)10-6-3-2-4-7-10/h5,8-10,13,16H,2-4,6-7H2,1H3. The molecule has 1 fully saturated rings. The average molecular weight is 238 g/mol. The van der Waals surface area contributed by atoms with Crippen LogP contribution < -0.4 is 4.74 Å². The number of aliphatic hydroxyl groups is 1. The second-order valence-electron chi connectivity index (χ2n) is 4.71. The molecule has 0 spiro atoms. The van der Waals surface area contributed by atoms with Crippen molar-refractivity contribution in [1.82, 2.24) is 0 Å². The summed E-state index contributed by atoms with van der Waals surface area (Å²) in [6.07, 6.45) is 4.96. The summed E-state index contributed by atoms with van der Waals surface area (Å²) < 4.78 is 18.6. The third kappa shape index (κ3) is 2.60. The van der Waals surface area contributed by atoms with E-state index in [4.69, 9.17) is 4.74 Å². The number of aliphatic hydroxyl groups excluding tert-OH is 1. The maximum absolute atomic E-state index is 13.5. The van der Waals surface area contributed by atoms with Crippen molar-refractivity contribution in [3.63, 3.8) is 0 Å². The zero-order chi connectivity index (χ0) is 12.3. The minimum Gasteiger partial charge on any atom is -0.493 e. The number of hydrogen-bond acceptors (Lipinski definition) is 2. The number of ether oxygens (including phenoxy) is 1. The van der Waals surface area contributed by atoms with Gasteiger partial charge in [-0.05, 0) is 24.8 Å². The second-order valence-corrected chi connectivity index (χ2v) is 4.71. The Morgan fingerprint density at radius 3 is 2.65 bits per heavy atom. The van der Waals surface area contributed by atoms with Gasteiger partial charge in [-0.15, -0.1) is 0 Å². The molecular weight excluding hydrogens is 219 g/mol. The van der Waals surface area contributed by atoms with Gasteiger partial charge in [0.2, 0.25) is 0 Å². The van der Waals surface area contributed by atoms with Gasteiger partial charge in [0.1, 0.15) is 0 Å². The van der Waals surface area contributed by atoms with Gasteiger partial charge in [0.05, 0.1) is 13.2 Å². The maximum Gasteiger partial charge on any atom is 0.165 e. The first-order valence-corrected chi connectivity index (χ1v) is 6.24. The molecule has 0 bridgehead atoms. The van der Waals surface area contributed by atoms with Crippen LogP contribution in [0.15, 0.2) is 18.2 Å². The van der Waals surface area contributed by atoms with Crippen molar-refractivity contribution in [3.8, 4) is 5.75 Å². The number of hydrogen-bond donors (Lipinski definition) is 1. The van der Waals surface area contributed by atoms with Gasteiger partial charge < -0.3 is 9.84 Å². The lowest BCUT2D eigenvalue weighted by molar-refractivity contribution is 0.0819. The minimum absolute atomic E-state index is 0.186. The molecule has 1 aliphatic carbocycles. The topological polar surface area (TPSA) is 29.5 Å². The molecule has 2 nitrogen and oxygen atoms in total. The van der Waals surface area contributed by atoms with Crippen LogP contribution in [0.25, 0.3) is 0 Å². The van der Waals surface area contributed by atoms with Crippen molar-refractivity contribution in [2.45, 2.75) is 38.2 Å². The molecule has 0 aromatic heterocycles. The van der Waals surface area contributed by atoms with Gasteiger partial charge in [-0.3, -0.25) is 0 Å². The fourth-order valence-electron chi connectivity index (χ4n) is 2.68. The molecule has 94 valence electrons. The molecule has 1 saturated carbocycles. The van der Waals surface area contributed by atoms with Crippen LogP contribution >= 0.6 is 0 Å². The summed E-state index contributed by atoms with van der Waals surface area (Å²) in [4.78, 5) is 0. The summed E-state index contributed by atoms with van der Waals surface area (Å²) in [6.45, 7) is 0. The lowest BCUT2D eigenvalue weighted by atomic mass is 9.82. The Hall–Kier alpha value is -1.09. The van der Waals surface area contributed by atoms with Crippen molar-refractivity contribution in [2.24, 2.45) is 5.92 Å². The van der Waals surface area contributed by atoms with Crippen LogP contribution in [-0.4, -0.2) is 12.2 Å². The maximum atomic E-state index is 13.5. The third-order valence-electron chi connectivity index (χ3n) is 3.62. The molecule has 3 heteroatoms. The highest BCUT2D eigenvalue weighted by Crippen LogP contribution is 2.38. The van der Waals surface area contributed by atoms with Crippen molar-refractivity contribution >= 4 is 0 Å². The lowest BCUT2D eigenvalue weighted by Crippen LogP contribution is -2.17. The summed E-state index contributed by atoms with van der Waals surface area (Å²) in [5, 5.41) is 10.3. The number of methoxy groups -OCH3 is 1. The predicted molar refractivity (Wildman–Crippen MR) is 64.5 cm³/mol. The monoisotopic (exact) mass is 238 g/mol. The van der Waals surface area contributed by atoms with Crippen LogP contribution in [0.2, 0.25) is 0 Å². The normalized spacial score (nSPS) is 19.0. The number of para-hydroxylation sites is 1. The average Bonchev–Trinajstić information content (AvgIpc) is 2.38. The highest BCUT2D eigenvalue weighted by molar-refractivity contribution is 5.36. The number of halogens is 1. The molecule has 1 aliphatic rings. The molecule has 1 aromatic rings. The Morgan fingerprint density at radius 2 is 2.00 bits per heavy atom. The van der Waals surface area contributed by atoms with Crippen LogP contribution in [0.4, 0.5) is 4.39 Å². The largest absolute Gasteiger partial charge is 0.493 e. The summed E-state index contributed by atoms with van der Waals surface area (Å²) in [7, 11) is 1.44. The quantitative estimate of drug-likeness (QED) is 0.874. The molecule has 1 N–H and O–H groups in total. The highest BCUT2D eigenvalue weighted by Gasteiger charge is 2.26. The van der Waals surface area contributed by atoms with Gasteiger partial charge in [-0.2, -0.15) is 0 Å². The van der Waals surface area contributed by atoms with Gasteiger partial charge in [-0.1, -0.05) is 31.4 Å². The summed E-state index contributed by atoms with van der Waals surface area (Å²) in [5.74, 6) is 0.0184. The smallest absolute Gasteiger partial charge is 0.165 e. The Bertz CT molecular complexity index is 372. The Labute approximate surface area is 101 Å². The van der Waals surface area contributed by atoms with Crippen LogP contribution in [0, 0.1) is 11.7 Å². The van der Waals surface area contributed by atoms with E-state index in [1.54, 1.807) is 12.1 Å². The van der Waals surface area contributed by atoms with Crippen LogP contribution in [-0.2, 0) is 0 Å². The van der Waals surface area contributed by atoms with Crippen molar-refractivity contribution in [3.05, 3.63) is 29.6 Å². The molecular formula is C14H19FO2. The Kier molecular flexibility index (Phi) is 4.00. The van der Waals surface area contributed by atoms with Crippen LogP contribution in [0.3, 0.4) is 0 Å². The van der Waals surface area contributed by atoms with Gasteiger partial charge in [0.15, 0.2) is 11.6 Å². The van der Waals surface area contributed by atoms with Gasteiger partial charge in [0, 0.05) is 5.56 Å². The fourth-order valence-corrected chi connectivity index (χ4v) is 2.68. The van der Waals surface area contributed by atoms with Crippen LogP contribution in [0.1, 0.15) is 43.8 Å². The van der Waals surface area contributed by atoms with Crippen molar-refractivity contribution in [2.75, 3.05) is 7.11 Å². The second kappa shape index (κ2) is 5.50. The lowest BCUT2D eigenvalue weighted by Gasteiger charge is -2.27. The zero-order valence-corrected chi connectivity index (χ0v) is 10.2. The van der Waals surface area contributed by atoms with Crippen molar-refractivity contribution < 1.29 is 14.2 Å². The van der Waals surface area contributed by atoms with Gasteiger partial charge in [-0.25, -0.2) is 4.39 Å². The first kappa shape index (κ1) is 12.4. The molecule has 1 aromatic carbocycles. The predicted octanol–water partition coefficient (Wildman–Crippen LogP) is 3.45. The third-order valence-corrected chi connectivity index (χ3v) is 3.62. The van der Waals surface area contributed by atoms with E-state index < -0.39 is 11.9 Å². The molecule has 0 saturated heterocycles. The fraction of sp³-hybridized carbons (Fsp3) is 0.571. The first-order chi connectivity index (χ1) is 8.24. The summed E-state index contributed by atoms with van der Waals surface area (Å²) in [6, 6.07) is 4.73. The molecule has 17 heavy (non-hydrogen) atoms. The van der Waals surface area contributed by atoms with Gasteiger partial charge in [0.25, 0.3) is 0 Å². The molecule has 0 radical (unpaired) electrons. The number of benzene rings is 1. The Morgan fingerprint density at radius 1 is 1.29 bits per heavy atom. The first-order valence-electron chi connectivity index (χ1n) is 6.24. The van der Waals surface area contributed by atoms with Crippen LogP contribution in [0.5, 0.6) is 5.75 Å². The molecule has 1 unspecified atom stereocenters. The van der Waals surface area contributed by atoms with Gasteiger partial charge >= 0.3 is 0 Å². The van der Waals surface area contributed by atoms with E-state index in [2.05, 4.69) is 0 Å². The van der Waals surface area contributed by atoms with E-state index in [1.807, 2.05) is 0 Å². The van der Waals surface area contributed by atoms with E-state index >= 15 is 0 Å². The zero-order valence-electron chi connectivity index (χ0n) is 10.2. The van der Waals surface area contributed by atoms with E-state index in [9.17, 15) is 9.50 Å². The molecule has 2 rings (SSSR count). The Balaban J connectivity index is 2.23. The minimum atomic E-state index is -0.610. The number of rotatable bonds is 3. The van der Waals surface area contributed by atoms with E-state index in [0.717, 1.165) is 25.7 Å². The SMILES string of the molecule is COc1c(F)cccc1C(O)C1CCCCC1. The van der Waals surface area contributed by atoms with E-state index in [0.29, 0.717) is 5.56 Å². The van der Waals surface area contributed by atoms with E-state index in [1.165, 1.54) is 19.6 Å².